The minimum Gasteiger partial charge on any atom is -0.506 e. The SMILES string of the molecule is Oc1c(C2OC3CCCCCCCCC(CC3)O2)cc(I)c(I)c1I. The molecule has 2 bridgehead atoms. The van der Waals surface area contributed by atoms with Crippen LogP contribution >= 0.6 is 67.8 Å². The van der Waals surface area contributed by atoms with Crippen LogP contribution < -0.4 is 0 Å². The number of fused-ring (bicyclic) bond motifs is 3. The lowest BCUT2D eigenvalue weighted by Gasteiger charge is -2.25. The molecule has 2 unspecified atom stereocenters. The van der Waals surface area contributed by atoms with Gasteiger partial charge in [0.15, 0.2) is 6.29 Å². The van der Waals surface area contributed by atoms with Gasteiger partial charge in [-0.2, -0.15) is 0 Å². The van der Waals surface area contributed by atoms with E-state index in [1.54, 1.807) is 0 Å². The molecule has 1 N–H and O–H groups in total. The lowest BCUT2D eigenvalue weighted by atomic mass is 9.98. The smallest absolute Gasteiger partial charge is 0.188 e. The molecule has 1 aliphatic heterocycles. The number of benzene rings is 1. The van der Waals surface area contributed by atoms with E-state index in [0.29, 0.717) is 5.75 Å². The molecule has 1 saturated carbocycles. The van der Waals surface area contributed by atoms with E-state index in [4.69, 9.17) is 9.47 Å². The lowest BCUT2D eigenvalue weighted by Crippen LogP contribution is -2.18. The monoisotopic (exact) mass is 682 g/mol. The molecule has 1 aliphatic carbocycles. The maximum Gasteiger partial charge on any atom is 0.188 e. The summed E-state index contributed by atoms with van der Waals surface area (Å²) in [5, 5.41) is 10.7. The van der Waals surface area contributed by atoms with Crippen molar-refractivity contribution in [2.24, 2.45) is 0 Å². The van der Waals surface area contributed by atoms with Crippen molar-refractivity contribution in [2.45, 2.75) is 82.7 Å². The normalized spacial score (nSPS) is 28.8. The predicted molar refractivity (Wildman–Crippen MR) is 125 cm³/mol. The Labute approximate surface area is 191 Å². The molecule has 1 aromatic carbocycles. The van der Waals surface area contributed by atoms with Crippen LogP contribution in [0.5, 0.6) is 5.75 Å². The van der Waals surface area contributed by atoms with Crippen LogP contribution in [0.1, 0.15) is 76.1 Å². The Hall–Kier alpha value is 1.13. The molecule has 6 heteroatoms. The van der Waals surface area contributed by atoms with E-state index in [9.17, 15) is 5.11 Å². The van der Waals surface area contributed by atoms with E-state index in [1.807, 2.05) is 6.07 Å². The Bertz CT molecular complexity index is 574. The zero-order chi connectivity index (χ0) is 17.8. The van der Waals surface area contributed by atoms with Crippen LogP contribution in [0.15, 0.2) is 6.07 Å². The molecule has 0 radical (unpaired) electrons. The zero-order valence-electron chi connectivity index (χ0n) is 14.3. The second-order valence-electron chi connectivity index (χ2n) is 7.05. The number of rotatable bonds is 1. The number of phenolic OH excluding ortho intramolecular Hbond substituents is 1. The molecule has 1 saturated heterocycles. The first-order valence-electron chi connectivity index (χ1n) is 9.23. The van der Waals surface area contributed by atoms with Gasteiger partial charge in [-0.15, -0.1) is 0 Å². The van der Waals surface area contributed by atoms with Crippen molar-refractivity contribution in [3.63, 3.8) is 0 Å². The van der Waals surface area contributed by atoms with Gasteiger partial charge in [0.2, 0.25) is 0 Å². The van der Waals surface area contributed by atoms with Crippen LogP contribution in [-0.4, -0.2) is 17.3 Å². The molecule has 1 aromatic rings. The van der Waals surface area contributed by atoms with Crippen LogP contribution in [0, 0.1) is 10.7 Å². The average molecular weight is 682 g/mol. The Morgan fingerprint density at radius 1 is 0.760 bits per heavy atom. The van der Waals surface area contributed by atoms with Gasteiger partial charge in [-0.25, -0.2) is 0 Å². The third kappa shape index (κ3) is 5.57. The highest BCUT2D eigenvalue weighted by Crippen LogP contribution is 2.40. The molecule has 140 valence electrons. The number of ether oxygens (including phenoxy) is 2. The maximum absolute atomic E-state index is 10.7. The van der Waals surface area contributed by atoms with Gasteiger partial charge in [0.05, 0.1) is 21.3 Å². The summed E-state index contributed by atoms with van der Waals surface area (Å²) in [6.45, 7) is 0. The fraction of sp³-hybridized carbons (Fsp3) is 0.684. The zero-order valence-corrected chi connectivity index (χ0v) is 20.8. The van der Waals surface area contributed by atoms with Gasteiger partial charge >= 0.3 is 0 Å². The van der Waals surface area contributed by atoms with E-state index < -0.39 is 6.29 Å². The minimum absolute atomic E-state index is 0.239. The van der Waals surface area contributed by atoms with Crippen LogP contribution in [0.2, 0.25) is 0 Å². The number of aromatic hydroxyl groups is 1. The third-order valence-electron chi connectivity index (χ3n) is 5.16. The standard InChI is InChI=1S/C19H25I3O3/c20-15-11-14(18(23)17(22)16(15)21)19-24-12-7-5-3-1-2-4-6-8-13(25-19)10-9-12/h11-13,19,23H,1-10H2. The summed E-state index contributed by atoms with van der Waals surface area (Å²) in [4.78, 5) is 0. The van der Waals surface area contributed by atoms with Gasteiger partial charge in [-0.05, 0) is 99.5 Å². The highest BCUT2D eigenvalue weighted by atomic mass is 127. The van der Waals surface area contributed by atoms with Gasteiger partial charge in [0, 0.05) is 7.14 Å². The molecule has 25 heavy (non-hydrogen) atoms. The highest BCUT2D eigenvalue weighted by molar-refractivity contribution is 14.1. The van der Waals surface area contributed by atoms with E-state index in [1.165, 1.54) is 38.5 Å². The summed E-state index contributed by atoms with van der Waals surface area (Å²) in [6, 6.07) is 2.03. The van der Waals surface area contributed by atoms with Gasteiger partial charge < -0.3 is 14.6 Å². The molecule has 2 fully saturated rings. The molecular weight excluding hydrogens is 657 g/mol. The van der Waals surface area contributed by atoms with E-state index >= 15 is 0 Å². The number of hydrogen-bond donors (Lipinski definition) is 1. The van der Waals surface area contributed by atoms with Gasteiger partial charge in [0.25, 0.3) is 0 Å². The van der Waals surface area contributed by atoms with Crippen LogP contribution in [0.4, 0.5) is 0 Å². The van der Waals surface area contributed by atoms with Crippen molar-refractivity contribution >= 4 is 67.8 Å². The fourth-order valence-corrected chi connectivity index (χ4v) is 5.83. The summed E-state index contributed by atoms with van der Waals surface area (Å²) < 4.78 is 15.9. The molecule has 0 amide bonds. The molecular formula is C19H25I3O3. The predicted octanol–water partition coefficient (Wildman–Crippen LogP) is 6.90. The minimum atomic E-state index is -0.447. The molecule has 2 atom stereocenters. The number of phenols is 1. The van der Waals surface area contributed by atoms with Crippen LogP contribution in [-0.2, 0) is 9.47 Å². The third-order valence-corrected chi connectivity index (χ3v) is 10.3. The molecule has 0 spiro atoms. The first kappa shape index (κ1) is 20.9. The van der Waals surface area contributed by atoms with Crippen LogP contribution in [0.3, 0.4) is 0 Å². The first-order chi connectivity index (χ1) is 12.1. The summed E-state index contributed by atoms with van der Waals surface area (Å²) in [6.07, 6.45) is 12.1. The summed E-state index contributed by atoms with van der Waals surface area (Å²) in [5.74, 6) is 0.319. The summed E-state index contributed by atoms with van der Waals surface area (Å²) in [5.41, 5.74) is 0.793. The van der Waals surface area contributed by atoms with Gasteiger partial charge in [-0.3, -0.25) is 0 Å². The second-order valence-corrected chi connectivity index (χ2v) is 10.4. The van der Waals surface area contributed by atoms with Gasteiger partial charge in [-0.1, -0.05) is 38.5 Å². The fourth-order valence-electron chi connectivity index (χ4n) is 3.70. The maximum atomic E-state index is 10.7. The lowest BCUT2D eigenvalue weighted by molar-refractivity contribution is -0.182. The number of hydrogen-bond acceptors (Lipinski definition) is 3. The second kappa shape index (κ2) is 10.1. The van der Waals surface area contributed by atoms with Crippen molar-refractivity contribution in [3.8, 4) is 5.75 Å². The van der Waals surface area contributed by atoms with E-state index in [-0.39, 0.29) is 12.2 Å². The quantitative estimate of drug-likeness (QED) is 0.259. The summed E-state index contributed by atoms with van der Waals surface area (Å²) >= 11 is 6.83. The molecule has 0 aromatic heterocycles. The van der Waals surface area contributed by atoms with Crippen molar-refractivity contribution in [1.29, 1.82) is 0 Å². The molecule has 3 rings (SSSR count). The Morgan fingerprint density at radius 2 is 1.28 bits per heavy atom. The largest absolute Gasteiger partial charge is 0.506 e. The van der Waals surface area contributed by atoms with E-state index in [2.05, 4.69) is 67.8 Å². The Morgan fingerprint density at radius 3 is 1.84 bits per heavy atom. The van der Waals surface area contributed by atoms with Gasteiger partial charge in [0.1, 0.15) is 5.75 Å². The van der Waals surface area contributed by atoms with Crippen molar-refractivity contribution in [1.82, 2.24) is 0 Å². The highest BCUT2D eigenvalue weighted by Gasteiger charge is 2.30. The molecule has 3 nitrogen and oxygen atoms in total. The van der Waals surface area contributed by atoms with Crippen molar-refractivity contribution < 1.29 is 14.6 Å². The average Bonchev–Trinajstić information content (AvgIpc) is 2.78. The van der Waals surface area contributed by atoms with Crippen molar-refractivity contribution in [3.05, 3.63) is 22.3 Å². The van der Waals surface area contributed by atoms with Crippen molar-refractivity contribution in [2.75, 3.05) is 0 Å². The first-order valence-corrected chi connectivity index (χ1v) is 12.5. The molecule has 1 heterocycles. The molecule has 2 aliphatic rings. The topological polar surface area (TPSA) is 38.7 Å². The number of halogens is 3. The summed E-state index contributed by atoms with van der Waals surface area (Å²) in [7, 11) is 0. The Balaban J connectivity index is 1.87. The Kier molecular flexibility index (Phi) is 8.39. The van der Waals surface area contributed by atoms with E-state index in [0.717, 1.165) is 42.0 Å². The van der Waals surface area contributed by atoms with Crippen LogP contribution in [0.25, 0.3) is 0 Å².